The van der Waals surface area contributed by atoms with Gasteiger partial charge in [0.15, 0.2) is 6.54 Å². The molecule has 3 N–H and O–H groups in total. The molecule has 4 nitrogen and oxygen atoms in total. The molecule has 0 aliphatic rings. The highest BCUT2D eigenvalue weighted by Gasteiger charge is 2.30. The van der Waals surface area contributed by atoms with Gasteiger partial charge < -0.3 is 10.6 Å². The maximum absolute atomic E-state index is 12.0. The Labute approximate surface area is 131 Å². The number of carbonyl (C=O) groups is 1. The van der Waals surface area contributed by atoms with E-state index in [1.165, 1.54) is 0 Å². The van der Waals surface area contributed by atoms with Crippen LogP contribution in [0.15, 0.2) is 24.3 Å². The Balaban J connectivity index is 2.58. The molecule has 0 fully saturated rings. The van der Waals surface area contributed by atoms with Crippen molar-refractivity contribution in [3.8, 4) is 6.07 Å². The van der Waals surface area contributed by atoms with Crippen LogP contribution in [-0.4, -0.2) is 18.0 Å². The lowest BCUT2D eigenvalue weighted by Crippen LogP contribution is -2.87. The van der Waals surface area contributed by atoms with Gasteiger partial charge in [-0.05, 0) is 25.8 Å². The van der Waals surface area contributed by atoms with E-state index in [0.717, 1.165) is 5.56 Å². The lowest BCUT2D eigenvalue weighted by Gasteiger charge is -2.27. The Morgan fingerprint density at radius 3 is 2.57 bits per heavy atom. The molecule has 0 aliphatic heterocycles. The van der Waals surface area contributed by atoms with Crippen LogP contribution in [0, 0.1) is 17.2 Å². The van der Waals surface area contributed by atoms with Gasteiger partial charge >= 0.3 is 0 Å². The molecule has 1 amide bonds. The zero-order chi connectivity index (χ0) is 16.0. The van der Waals surface area contributed by atoms with Gasteiger partial charge in [-0.25, -0.2) is 0 Å². The molecule has 0 unspecified atom stereocenters. The summed E-state index contributed by atoms with van der Waals surface area (Å²) in [6.45, 7) is 7.84. The first-order valence-electron chi connectivity index (χ1n) is 7.10. The fourth-order valence-corrected chi connectivity index (χ4v) is 2.21. The summed E-state index contributed by atoms with van der Waals surface area (Å²) in [6, 6.07) is 9.85. The van der Waals surface area contributed by atoms with E-state index in [0.29, 0.717) is 5.02 Å². The van der Waals surface area contributed by atoms with Gasteiger partial charge in [0.05, 0.1) is 6.07 Å². The number of halogens is 1. The molecule has 0 spiro atoms. The van der Waals surface area contributed by atoms with E-state index in [-0.39, 0.29) is 24.4 Å². The number of nitrogens with one attached hydrogen (secondary N) is 1. The molecule has 0 heterocycles. The van der Waals surface area contributed by atoms with Crippen LogP contribution in [-0.2, 0) is 4.79 Å². The SMILES string of the molecule is CC(C)[C@](C)(C#N)NC(=O)C[NH2+][C@H](C)c1ccccc1Cl. The lowest BCUT2D eigenvalue weighted by molar-refractivity contribution is -0.682. The maximum atomic E-state index is 12.0. The summed E-state index contributed by atoms with van der Waals surface area (Å²) in [5.41, 5.74) is 0.164. The van der Waals surface area contributed by atoms with Gasteiger partial charge in [0.1, 0.15) is 11.6 Å². The number of hydrogen-bond donors (Lipinski definition) is 2. The highest BCUT2D eigenvalue weighted by Crippen LogP contribution is 2.19. The van der Waals surface area contributed by atoms with E-state index < -0.39 is 5.54 Å². The molecular formula is C16H23ClN3O+. The minimum absolute atomic E-state index is 0.0486. The Bertz CT molecular complexity index is 539. The molecule has 0 saturated carbocycles. The average Bonchev–Trinajstić information content (AvgIpc) is 2.44. The molecule has 0 aromatic heterocycles. The van der Waals surface area contributed by atoms with Crippen molar-refractivity contribution in [1.82, 2.24) is 5.32 Å². The number of nitriles is 1. The summed E-state index contributed by atoms with van der Waals surface area (Å²) in [6.07, 6.45) is 0. The van der Waals surface area contributed by atoms with E-state index in [2.05, 4.69) is 11.4 Å². The predicted octanol–water partition coefficient (Wildman–Crippen LogP) is 2.02. The van der Waals surface area contributed by atoms with Gasteiger partial charge in [0.2, 0.25) is 0 Å². The van der Waals surface area contributed by atoms with Crippen molar-refractivity contribution >= 4 is 17.5 Å². The Morgan fingerprint density at radius 1 is 1.43 bits per heavy atom. The molecule has 2 atom stereocenters. The van der Waals surface area contributed by atoms with Crippen molar-refractivity contribution < 1.29 is 10.1 Å². The number of nitrogens with zero attached hydrogens (tertiary/aromatic N) is 1. The first-order chi connectivity index (χ1) is 9.80. The molecule has 5 heteroatoms. The van der Waals surface area contributed by atoms with Gasteiger partial charge in [-0.2, -0.15) is 5.26 Å². The average molecular weight is 309 g/mol. The Morgan fingerprint density at radius 2 is 2.05 bits per heavy atom. The fourth-order valence-electron chi connectivity index (χ4n) is 1.90. The summed E-state index contributed by atoms with van der Waals surface area (Å²) < 4.78 is 0. The number of benzene rings is 1. The van der Waals surface area contributed by atoms with E-state index in [1.807, 2.05) is 50.4 Å². The normalized spacial score (nSPS) is 15.1. The first kappa shape index (κ1) is 17.5. The number of rotatable bonds is 6. The topological polar surface area (TPSA) is 69.5 Å². The molecule has 0 saturated heterocycles. The van der Waals surface area contributed by atoms with Crippen molar-refractivity contribution in [3.63, 3.8) is 0 Å². The molecule has 0 bridgehead atoms. The van der Waals surface area contributed by atoms with E-state index in [1.54, 1.807) is 6.92 Å². The third kappa shape index (κ3) is 4.73. The zero-order valence-corrected chi connectivity index (χ0v) is 13.7. The number of hydrogen-bond acceptors (Lipinski definition) is 2. The van der Waals surface area contributed by atoms with Crippen LogP contribution in [0.1, 0.15) is 39.3 Å². The maximum Gasteiger partial charge on any atom is 0.276 e. The first-order valence-corrected chi connectivity index (χ1v) is 7.48. The minimum Gasteiger partial charge on any atom is -0.333 e. The highest BCUT2D eigenvalue weighted by molar-refractivity contribution is 6.31. The van der Waals surface area contributed by atoms with Gasteiger partial charge in [-0.15, -0.1) is 0 Å². The standard InChI is InChI=1S/C16H22ClN3O/c1-11(2)16(4,10-18)20-15(21)9-19-12(3)13-7-5-6-8-14(13)17/h5-8,11-12,19H,9H2,1-4H3,(H,20,21)/p+1/t12-,16+/m1/s1. The van der Waals surface area contributed by atoms with Crippen LogP contribution >= 0.6 is 11.6 Å². The Kier molecular flexibility index (Phi) is 6.19. The van der Waals surface area contributed by atoms with E-state index in [9.17, 15) is 10.1 Å². The van der Waals surface area contributed by atoms with Crippen LogP contribution in [0.5, 0.6) is 0 Å². The highest BCUT2D eigenvalue weighted by atomic mass is 35.5. The second-order valence-corrected chi connectivity index (χ2v) is 6.17. The molecule has 114 valence electrons. The fraction of sp³-hybridized carbons (Fsp3) is 0.500. The molecule has 0 radical (unpaired) electrons. The summed E-state index contributed by atoms with van der Waals surface area (Å²) in [5.74, 6) is -0.0981. The van der Waals surface area contributed by atoms with Crippen molar-refractivity contribution in [2.24, 2.45) is 5.92 Å². The third-order valence-electron chi connectivity index (χ3n) is 3.84. The monoisotopic (exact) mass is 308 g/mol. The van der Waals surface area contributed by atoms with Gasteiger partial charge in [0, 0.05) is 10.6 Å². The number of carbonyl (C=O) groups excluding carboxylic acids is 1. The smallest absolute Gasteiger partial charge is 0.276 e. The second-order valence-electron chi connectivity index (χ2n) is 5.77. The summed E-state index contributed by atoms with van der Waals surface area (Å²) in [5, 5.41) is 14.6. The zero-order valence-electron chi connectivity index (χ0n) is 13.0. The largest absolute Gasteiger partial charge is 0.333 e. The van der Waals surface area contributed by atoms with E-state index in [4.69, 9.17) is 11.6 Å². The Hall–Kier alpha value is -1.57. The predicted molar refractivity (Wildman–Crippen MR) is 83.7 cm³/mol. The number of amides is 1. The van der Waals surface area contributed by atoms with Crippen LogP contribution < -0.4 is 10.6 Å². The quantitative estimate of drug-likeness (QED) is 0.844. The molecule has 1 aromatic rings. The molecular weight excluding hydrogens is 286 g/mol. The van der Waals surface area contributed by atoms with Gasteiger partial charge in [-0.1, -0.05) is 43.6 Å². The van der Waals surface area contributed by atoms with E-state index >= 15 is 0 Å². The van der Waals surface area contributed by atoms with Crippen molar-refractivity contribution in [2.75, 3.05) is 6.54 Å². The number of quaternary nitrogens is 1. The molecule has 1 aromatic carbocycles. The molecule has 0 aliphatic carbocycles. The van der Waals surface area contributed by atoms with Crippen LogP contribution in [0.3, 0.4) is 0 Å². The van der Waals surface area contributed by atoms with Crippen molar-refractivity contribution in [3.05, 3.63) is 34.9 Å². The van der Waals surface area contributed by atoms with Crippen LogP contribution in [0.4, 0.5) is 0 Å². The summed E-state index contributed by atoms with van der Waals surface area (Å²) >= 11 is 6.14. The van der Waals surface area contributed by atoms with Gasteiger partial charge in [-0.3, -0.25) is 4.79 Å². The van der Waals surface area contributed by atoms with Crippen molar-refractivity contribution in [2.45, 2.75) is 39.3 Å². The number of nitrogens with two attached hydrogens (primary N) is 1. The lowest BCUT2D eigenvalue weighted by atomic mass is 9.90. The molecule has 1 rings (SSSR count). The van der Waals surface area contributed by atoms with Crippen LogP contribution in [0.25, 0.3) is 0 Å². The van der Waals surface area contributed by atoms with Crippen LogP contribution in [0.2, 0.25) is 5.02 Å². The second kappa shape index (κ2) is 7.44. The molecule has 21 heavy (non-hydrogen) atoms. The summed E-state index contributed by atoms with van der Waals surface area (Å²) in [4.78, 5) is 12.0. The van der Waals surface area contributed by atoms with Gasteiger partial charge in [0.25, 0.3) is 5.91 Å². The van der Waals surface area contributed by atoms with Crippen molar-refractivity contribution in [1.29, 1.82) is 5.26 Å². The summed E-state index contributed by atoms with van der Waals surface area (Å²) in [7, 11) is 0. The third-order valence-corrected chi connectivity index (χ3v) is 4.18. The minimum atomic E-state index is -0.835.